The minimum atomic E-state index is 0.532. The summed E-state index contributed by atoms with van der Waals surface area (Å²) in [4.78, 5) is 3.09. The van der Waals surface area contributed by atoms with Crippen molar-refractivity contribution in [3.05, 3.63) is 26.7 Å². The minimum absolute atomic E-state index is 0.532. The van der Waals surface area contributed by atoms with E-state index in [-0.39, 0.29) is 0 Å². The van der Waals surface area contributed by atoms with Crippen LogP contribution in [-0.2, 0) is 0 Å². The molecule has 4 heteroatoms. The molecule has 0 unspecified atom stereocenters. The second-order valence-electron chi connectivity index (χ2n) is 1.92. The highest BCUT2D eigenvalue weighted by Gasteiger charge is 2.11. The fourth-order valence-electron chi connectivity index (χ4n) is 0.696. The van der Waals surface area contributed by atoms with Crippen LogP contribution in [0, 0.1) is 8.96 Å². The third kappa shape index (κ3) is 1.80. The van der Waals surface area contributed by atoms with Crippen LogP contribution in [0.2, 0.25) is 0 Å². The van der Waals surface area contributed by atoms with Crippen molar-refractivity contribution in [1.29, 1.82) is 5.39 Å². The molecule has 0 aromatic heterocycles. The lowest BCUT2D eigenvalue weighted by molar-refractivity contribution is 0.415. The lowest BCUT2D eigenvalue weighted by atomic mass is 10.3. The van der Waals surface area contributed by atoms with Crippen LogP contribution in [0.15, 0.2) is 18.2 Å². The number of hydrogen-bond acceptors (Lipinski definition) is 2. The number of diazo groups is 1. The van der Waals surface area contributed by atoms with Gasteiger partial charge < -0.3 is 4.74 Å². The van der Waals surface area contributed by atoms with Gasteiger partial charge in [-0.15, -0.1) is 0 Å². The molecule has 11 heavy (non-hydrogen) atoms. The first-order chi connectivity index (χ1) is 5.27. The zero-order valence-corrected chi connectivity index (χ0v) is 8.07. The predicted molar refractivity (Wildman–Crippen MR) is 50.5 cm³/mol. The van der Waals surface area contributed by atoms with E-state index in [0.29, 0.717) is 11.4 Å². The lowest BCUT2D eigenvalue weighted by Crippen LogP contribution is -1.81. The molecule has 0 aliphatic carbocycles. The molecule has 0 spiro atoms. The first-order valence-electron chi connectivity index (χ1n) is 2.96. The zero-order valence-electron chi connectivity index (χ0n) is 5.91. The summed E-state index contributed by atoms with van der Waals surface area (Å²) in [5.41, 5.74) is 0.532. The summed E-state index contributed by atoms with van der Waals surface area (Å²) < 4.78 is 5.83. The Balaban J connectivity index is 3.15. The maximum absolute atomic E-state index is 8.50. The molecule has 0 radical (unpaired) electrons. The Bertz CT molecular complexity index is 306. The van der Waals surface area contributed by atoms with Crippen molar-refractivity contribution in [2.45, 2.75) is 0 Å². The van der Waals surface area contributed by atoms with Gasteiger partial charge in [0.2, 0.25) is 5.39 Å². The summed E-state index contributed by atoms with van der Waals surface area (Å²) >= 11 is 2.08. The molecule has 56 valence electrons. The second-order valence-corrected chi connectivity index (χ2v) is 3.08. The molecule has 0 saturated heterocycles. The molecule has 1 aromatic carbocycles. The fourth-order valence-corrected chi connectivity index (χ4v) is 1.14. The van der Waals surface area contributed by atoms with Gasteiger partial charge in [-0.25, -0.2) is 0 Å². The van der Waals surface area contributed by atoms with Gasteiger partial charge in [0, 0.05) is 0 Å². The number of halogens is 1. The topological polar surface area (TPSA) is 37.4 Å². The molecule has 3 nitrogen and oxygen atoms in total. The van der Waals surface area contributed by atoms with Gasteiger partial charge >= 0.3 is 5.69 Å². The Kier molecular flexibility index (Phi) is 2.65. The third-order valence-electron chi connectivity index (χ3n) is 1.26. The maximum atomic E-state index is 8.50. The first kappa shape index (κ1) is 8.27. The van der Waals surface area contributed by atoms with E-state index in [1.807, 2.05) is 12.1 Å². The van der Waals surface area contributed by atoms with E-state index < -0.39 is 0 Å². The Morgan fingerprint density at radius 1 is 1.55 bits per heavy atom. The van der Waals surface area contributed by atoms with E-state index in [9.17, 15) is 0 Å². The second kappa shape index (κ2) is 3.53. The number of ether oxygens (including phenoxy) is 1. The molecule has 0 atom stereocenters. The van der Waals surface area contributed by atoms with E-state index in [2.05, 4.69) is 27.6 Å². The summed E-state index contributed by atoms with van der Waals surface area (Å²) in [6.07, 6.45) is 0. The van der Waals surface area contributed by atoms with E-state index in [1.165, 1.54) is 0 Å². The molecule has 1 aromatic rings. The Morgan fingerprint density at radius 2 is 2.27 bits per heavy atom. The van der Waals surface area contributed by atoms with Crippen molar-refractivity contribution in [3.63, 3.8) is 0 Å². The van der Waals surface area contributed by atoms with Gasteiger partial charge in [-0.1, -0.05) is 0 Å². The Labute approximate surface area is 78.1 Å². The SMILES string of the molecule is COc1ccc(I)c([N+]#N)c1. The monoisotopic (exact) mass is 261 g/mol. The molecule has 0 heterocycles. The van der Waals surface area contributed by atoms with Crippen LogP contribution in [0.3, 0.4) is 0 Å². The molecule has 0 aliphatic rings. The fraction of sp³-hybridized carbons (Fsp3) is 0.143. The smallest absolute Gasteiger partial charge is 0.401 e. The molecule has 0 fully saturated rings. The largest absolute Gasteiger partial charge is 0.496 e. The van der Waals surface area contributed by atoms with Crippen LogP contribution in [0.4, 0.5) is 5.69 Å². The quantitative estimate of drug-likeness (QED) is 0.575. The van der Waals surface area contributed by atoms with E-state index in [0.717, 1.165) is 3.57 Å². The minimum Gasteiger partial charge on any atom is -0.496 e. The van der Waals surface area contributed by atoms with E-state index >= 15 is 0 Å². The van der Waals surface area contributed by atoms with Crippen molar-refractivity contribution >= 4 is 28.3 Å². The van der Waals surface area contributed by atoms with Crippen LogP contribution in [-0.4, -0.2) is 7.11 Å². The van der Waals surface area contributed by atoms with Gasteiger partial charge in [0.15, 0.2) is 4.98 Å². The van der Waals surface area contributed by atoms with Gasteiger partial charge in [0.1, 0.15) is 9.32 Å². The summed E-state index contributed by atoms with van der Waals surface area (Å²) in [6.45, 7) is 0. The molecule has 0 bridgehead atoms. The molecular weight excluding hydrogens is 255 g/mol. The molecule has 1 rings (SSSR count). The summed E-state index contributed by atoms with van der Waals surface area (Å²) in [7, 11) is 1.57. The van der Waals surface area contributed by atoms with Crippen LogP contribution in [0.1, 0.15) is 0 Å². The normalized spacial score (nSPS) is 8.82. The standard InChI is InChI=1S/C7H6IN2O/c1-11-5-2-3-6(8)7(4-5)10-9/h2-4H,1H3/q+1. The number of nitrogens with zero attached hydrogens (tertiary/aromatic N) is 2. The summed E-state index contributed by atoms with van der Waals surface area (Å²) in [5, 5.41) is 8.50. The Hall–Kier alpha value is -0.830. The van der Waals surface area contributed by atoms with Gasteiger partial charge in [0.05, 0.1) is 13.2 Å². The average Bonchev–Trinajstić information content (AvgIpc) is 2.05. The highest BCUT2D eigenvalue weighted by molar-refractivity contribution is 14.1. The van der Waals surface area contributed by atoms with Gasteiger partial charge in [-0.3, -0.25) is 0 Å². The van der Waals surface area contributed by atoms with Crippen LogP contribution in [0.5, 0.6) is 5.75 Å². The number of hydrogen-bond donors (Lipinski definition) is 0. The molecule has 0 saturated carbocycles. The molecular formula is C7H6IN2O+. The maximum Gasteiger partial charge on any atom is 0.401 e. The van der Waals surface area contributed by atoms with Crippen molar-refractivity contribution in [2.75, 3.05) is 7.11 Å². The Morgan fingerprint density at radius 3 is 2.82 bits per heavy atom. The van der Waals surface area contributed by atoms with Crippen LogP contribution < -0.4 is 4.74 Å². The van der Waals surface area contributed by atoms with Crippen molar-refractivity contribution in [3.8, 4) is 5.75 Å². The van der Waals surface area contributed by atoms with Gasteiger partial charge in [-0.05, 0) is 34.7 Å². The van der Waals surface area contributed by atoms with E-state index in [1.54, 1.807) is 13.2 Å². The third-order valence-corrected chi connectivity index (χ3v) is 2.17. The first-order valence-corrected chi connectivity index (χ1v) is 4.04. The van der Waals surface area contributed by atoms with Crippen molar-refractivity contribution < 1.29 is 4.74 Å². The summed E-state index contributed by atoms with van der Waals surface area (Å²) in [6, 6.07) is 5.31. The summed E-state index contributed by atoms with van der Waals surface area (Å²) in [5.74, 6) is 0.693. The molecule has 0 amide bonds. The molecule has 0 N–H and O–H groups in total. The van der Waals surface area contributed by atoms with Crippen molar-refractivity contribution in [1.82, 2.24) is 0 Å². The zero-order chi connectivity index (χ0) is 8.27. The number of benzene rings is 1. The number of methoxy groups -OCH3 is 1. The predicted octanol–water partition coefficient (Wildman–Crippen LogP) is 2.78. The number of rotatable bonds is 1. The lowest BCUT2D eigenvalue weighted by Gasteiger charge is -1.94. The van der Waals surface area contributed by atoms with Crippen molar-refractivity contribution in [2.24, 2.45) is 0 Å². The van der Waals surface area contributed by atoms with Crippen LogP contribution in [0.25, 0.3) is 4.98 Å². The van der Waals surface area contributed by atoms with E-state index in [4.69, 9.17) is 10.1 Å². The highest BCUT2D eigenvalue weighted by Crippen LogP contribution is 2.25. The van der Waals surface area contributed by atoms with Gasteiger partial charge in [-0.2, -0.15) is 0 Å². The van der Waals surface area contributed by atoms with Crippen LogP contribution >= 0.6 is 22.6 Å². The average molecular weight is 261 g/mol. The highest BCUT2D eigenvalue weighted by atomic mass is 127. The van der Waals surface area contributed by atoms with Gasteiger partial charge in [0.25, 0.3) is 0 Å². The molecule has 0 aliphatic heterocycles.